The van der Waals surface area contributed by atoms with Gasteiger partial charge in [-0.05, 0) is 19.4 Å². The van der Waals surface area contributed by atoms with Gasteiger partial charge in [-0.3, -0.25) is 4.90 Å². The summed E-state index contributed by atoms with van der Waals surface area (Å²) < 4.78 is 25.9. The van der Waals surface area contributed by atoms with E-state index in [0.717, 1.165) is 12.8 Å². The van der Waals surface area contributed by atoms with Crippen LogP contribution in [0.4, 0.5) is 8.78 Å². The van der Waals surface area contributed by atoms with Gasteiger partial charge in [0.25, 0.3) is 5.92 Å². The van der Waals surface area contributed by atoms with E-state index in [0.29, 0.717) is 12.6 Å². The zero-order chi connectivity index (χ0) is 9.90. The Kier molecular flexibility index (Phi) is 3.62. The number of hydrogen-bond donors (Lipinski definition) is 1. The lowest BCUT2D eigenvalue weighted by atomic mass is 9.91. The van der Waals surface area contributed by atoms with E-state index < -0.39 is 12.5 Å². The molecule has 2 N–H and O–H groups in total. The van der Waals surface area contributed by atoms with Crippen LogP contribution in [0.5, 0.6) is 0 Å². The van der Waals surface area contributed by atoms with Crippen LogP contribution in [0.1, 0.15) is 26.2 Å². The summed E-state index contributed by atoms with van der Waals surface area (Å²) in [4.78, 5) is 1.84. The van der Waals surface area contributed by atoms with Crippen molar-refractivity contribution in [2.24, 2.45) is 5.73 Å². The second-order valence-corrected chi connectivity index (χ2v) is 3.71. The van der Waals surface area contributed by atoms with E-state index in [4.69, 9.17) is 5.73 Å². The van der Waals surface area contributed by atoms with Crippen molar-refractivity contribution < 1.29 is 8.78 Å². The molecule has 1 aliphatic carbocycles. The molecule has 0 aromatic carbocycles. The second-order valence-electron chi connectivity index (χ2n) is 3.71. The van der Waals surface area contributed by atoms with E-state index in [-0.39, 0.29) is 6.54 Å². The molecule has 0 unspecified atom stereocenters. The van der Waals surface area contributed by atoms with E-state index in [9.17, 15) is 8.78 Å². The van der Waals surface area contributed by atoms with E-state index >= 15 is 0 Å². The van der Waals surface area contributed by atoms with E-state index in [1.165, 1.54) is 6.42 Å². The van der Waals surface area contributed by atoms with Crippen LogP contribution in [0.3, 0.4) is 0 Å². The topological polar surface area (TPSA) is 29.3 Å². The summed E-state index contributed by atoms with van der Waals surface area (Å²) in [5.41, 5.74) is 4.99. The quantitative estimate of drug-likeness (QED) is 0.714. The van der Waals surface area contributed by atoms with Crippen molar-refractivity contribution in [3.8, 4) is 0 Å². The first-order chi connectivity index (χ1) is 6.09. The maximum Gasteiger partial charge on any atom is 0.272 e. The normalized spacial score (nSPS) is 19.2. The molecule has 13 heavy (non-hydrogen) atoms. The molecule has 0 aliphatic heterocycles. The molecule has 1 rings (SSSR count). The van der Waals surface area contributed by atoms with Crippen LogP contribution in [0.15, 0.2) is 0 Å². The third kappa shape index (κ3) is 2.88. The van der Waals surface area contributed by atoms with Gasteiger partial charge >= 0.3 is 0 Å². The number of halogens is 2. The van der Waals surface area contributed by atoms with E-state index in [2.05, 4.69) is 0 Å². The Balaban J connectivity index is 2.38. The average molecular weight is 192 g/mol. The average Bonchev–Trinajstić information content (AvgIpc) is 2.00. The third-order valence-corrected chi connectivity index (χ3v) is 2.73. The molecular weight excluding hydrogens is 174 g/mol. The standard InChI is InChI=1S/C9H18F2N2/c1-2-13(8-4-3-5-8)7-9(10,11)6-12/h8H,2-7,12H2,1H3. The first kappa shape index (κ1) is 10.9. The fourth-order valence-corrected chi connectivity index (χ4v) is 1.61. The molecule has 0 bridgehead atoms. The Morgan fingerprint density at radius 2 is 2.08 bits per heavy atom. The van der Waals surface area contributed by atoms with Crippen molar-refractivity contribution in [3.63, 3.8) is 0 Å². The van der Waals surface area contributed by atoms with Gasteiger partial charge in [-0.2, -0.15) is 0 Å². The van der Waals surface area contributed by atoms with Crippen molar-refractivity contribution >= 4 is 0 Å². The molecule has 1 aliphatic rings. The Morgan fingerprint density at radius 3 is 2.38 bits per heavy atom. The van der Waals surface area contributed by atoms with Gasteiger partial charge in [-0.15, -0.1) is 0 Å². The number of alkyl halides is 2. The fourth-order valence-electron chi connectivity index (χ4n) is 1.61. The molecule has 1 saturated carbocycles. The minimum Gasteiger partial charge on any atom is -0.325 e. The molecule has 0 radical (unpaired) electrons. The van der Waals surface area contributed by atoms with Gasteiger partial charge in [0.2, 0.25) is 0 Å². The van der Waals surface area contributed by atoms with Gasteiger partial charge in [0, 0.05) is 6.04 Å². The van der Waals surface area contributed by atoms with Crippen molar-refractivity contribution in [3.05, 3.63) is 0 Å². The molecule has 0 saturated heterocycles. The zero-order valence-electron chi connectivity index (χ0n) is 8.10. The maximum atomic E-state index is 12.9. The van der Waals surface area contributed by atoms with Crippen molar-refractivity contribution in [2.75, 3.05) is 19.6 Å². The highest BCUT2D eigenvalue weighted by Gasteiger charge is 2.33. The van der Waals surface area contributed by atoms with E-state index in [1.54, 1.807) is 0 Å². The van der Waals surface area contributed by atoms with E-state index in [1.807, 2.05) is 11.8 Å². The van der Waals surface area contributed by atoms with Gasteiger partial charge in [-0.1, -0.05) is 13.3 Å². The highest BCUT2D eigenvalue weighted by Crippen LogP contribution is 2.26. The lowest BCUT2D eigenvalue weighted by Crippen LogP contribution is -2.48. The number of rotatable bonds is 5. The largest absolute Gasteiger partial charge is 0.325 e. The molecule has 78 valence electrons. The smallest absolute Gasteiger partial charge is 0.272 e. The molecule has 2 nitrogen and oxygen atoms in total. The van der Waals surface area contributed by atoms with Crippen molar-refractivity contribution in [2.45, 2.75) is 38.2 Å². The molecule has 4 heteroatoms. The monoisotopic (exact) mass is 192 g/mol. The SMILES string of the molecule is CCN(CC(F)(F)CN)C1CCC1. The Morgan fingerprint density at radius 1 is 1.46 bits per heavy atom. The van der Waals surface area contributed by atoms with Crippen LogP contribution in [0.25, 0.3) is 0 Å². The van der Waals surface area contributed by atoms with Crippen LogP contribution in [0, 0.1) is 0 Å². The summed E-state index contributed by atoms with van der Waals surface area (Å²) in [5.74, 6) is -2.72. The van der Waals surface area contributed by atoms with Crippen LogP contribution >= 0.6 is 0 Å². The maximum absolute atomic E-state index is 12.9. The lowest BCUT2D eigenvalue weighted by Gasteiger charge is -2.38. The highest BCUT2D eigenvalue weighted by atomic mass is 19.3. The summed E-state index contributed by atoms with van der Waals surface area (Å²) in [7, 11) is 0. The Bertz CT molecular complexity index is 158. The zero-order valence-corrected chi connectivity index (χ0v) is 8.10. The van der Waals surface area contributed by atoms with Crippen molar-refractivity contribution in [1.82, 2.24) is 4.90 Å². The summed E-state index contributed by atoms with van der Waals surface area (Å²) >= 11 is 0. The highest BCUT2D eigenvalue weighted by molar-refractivity contribution is 4.83. The molecule has 0 spiro atoms. The third-order valence-electron chi connectivity index (χ3n) is 2.73. The predicted octanol–water partition coefficient (Wildman–Crippen LogP) is 1.45. The summed E-state index contributed by atoms with van der Waals surface area (Å²) in [6, 6.07) is 0.377. The molecule has 0 aromatic heterocycles. The fraction of sp³-hybridized carbons (Fsp3) is 1.00. The Hall–Kier alpha value is -0.220. The van der Waals surface area contributed by atoms with Gasteiger partial charge in [-0.25, -0.2) is 8.78 Å². The number of nitrogens with two attached hydrogens (primary N) is 1. The lowest BCUT2D eigenvalue weighted by molar-refractivity contribution is -0.0420. The molecule has 0 atom stereocenters. The Labute approximate surface area is 78.1 Å². The minimum absolute atomic E-state index is 0.176. The van der Waals surface area contributed by atoms with Gasteiger partial charge < -0.3 is 5.73 Å². The molecule has 0 aromatic rings. The summed E-state index contributed by atoms with van der Waals surface area (Å²) in [6.07, 6.45) is 3.30. The molecule has 0 heterocycles. The molecule has 0 amide bonds. The first-order valence-electron chi connectivity index (χ1n) is 4.91. The number of nitrogens with zero attached hydrogens (tertiary/aromatic N) is 1. The first-order valence-corrected chi connectivity index (χ1v) is 4.91. The molecular formula is C9H18F2N2. The van der Waals surface area contributed by atoms with Crippen LogP contribution in [-0.4, -0.2) is 36.5 Å². The molecule has 1 fully saturated rings. The van der Waals surface area contributed by atoms with Gasteiger partial charge in [0.05, 0.1) is 13.1 Å². The van der Waals surface area contributed by atoms with Crippen LogP contribution in [-0.2, 0) is 0 Å². The second kappa shape index (κ2) is 4.33. The summed E-state index contributed by atoms with van der Waals surface area (Å²) in [5, 5.41) is 0. The van der Waals surface area contributed by atoms with Gasteiger partial charge in [0.15, 0.2) is 0 Å². The summed E-state index contributed by atoms with van der Waals surface area (Å²) in [6.45, 7) is 1.89. The van der Waals surface area contributed by atoms with Crippen LogP contribution < -0.4 is 5.73 Å². The predicted molar refractivity (Wildman–Crippen MR) is 48.9 cm³/mol. The minimum atomic E-state index is -2.72. The van der Waals surface area contributed by atoms with Crippen molar-refractivity contribution in [1.29, 1.82) is 0 Å². The number of hydrogen-bond acceptors (Lipinski definition) is 2. The van der Waals surface area contributed by atoms with Crippen LogP contribution in [0.2, 0.25) is 0 Å². The van der Waals surface area contributed by atoms with Gasteiger partial charge in [0.1, 0.15) is 0 Å².